The number of anilines is 1. The molecule has 0 spiro atoms. The van der Waals surface area contributed by atoms with Gasteiger partial charge in [-0.05, 0) is 6.07 Å². The molecule has 0 aliphatic carbocycles. The predicted octanol–water partition coefficient (Wildman–Crippen LogP) is 2.29. The minimum atomic E-state index is -0.204. The standard InChI is InChI=1S/C9H8FN3S/c10-8-4-2-1-3-7(8)5-11-9-12-6-13-14-9/h1-4,6H,5H2,(H,11,12,13). The van der Waals surface area contributed by atoms with Gasteiger partial charge in [-0.1, -0.05) is 18.2 Å². The summed E-state index contributed by atoms with van der Waals surface area (Å²) in [6.07, 6.45) is 1.47. The van der Waals surface area contributed by atoms with E-state index in [1.165, 1.54) is 23.9 Å². The van der Waals surface area contributed by atoms with Crippen molar-refractivity contribution in [3.05, 3.63) is 42.0 Å². The number of rotatable bonds is 3. The van der Waals surface area contributed by atoms with Crippen LogP contribution in [0, 0.1) is 5.82 Å². The van der Waals surface area contributed by atoms with Crippen LogP contribution in [0.4, 0.5) is 9.52 Å². The zero-order valence-corrected chi connectivity index (χ0v) is 8.09. The molecular weight excluding hydrogens is 201 g/mol. The summed E-state index contributed by atoms with van der Waals surface area (Å²) in [5, 5.41) is 3.69. The highest BCUT2D eigenvalue weighted by molar-refractivity contribution is 7.09. The highest BCUT2D eigenvalue weighted by atomic mass is 32.1. The normalized spacial score (nSPS) is 10.1. The van der Waals surface area contributed by atoms with E-state index in [0.29, 0.717) is 17.2 Å². The number of hydrogen-bond donors (Lipinski definition) is 1. The molecule has 0 aliphatic rings. The first kappa shape index (κ1) is 9.08. The minimum absolute atomic E-state index is 0.204. The van der Waals surface area contributed by atoms with Crippen molar-refractivity contribution in [3.63, 3.8) is 0 Å². The summed E-state index contributed by atoms with van der Waals surface area (Å²) in [6.45, 7) is 0.432. The summed E-state index contributed by atoms with van der Waals surface area (Å²) in [7, 11) is 0. The van der Waals surface area contributed by atoms with Gasteiger partial charge in [-0.2, -0.15) is 4.37 Å². The number of nitrogens with zero attached hydrogens (tertiary/aromatic N) is 2. The fraction of sp³-hybridized carbons (Fsp3) is 0.111. The van der Waals surface area contributed by atoms with E-state index in [4.69, 9.17) is 0 Å². The second-order valence-electron chi connectivity index (χ2n) is 2.69. The molecule has 0 unspecified atom stereocenters. The van der Waals surface area contributed by atoms with Crippen LogP contribution in [0.2, 0.25) is 0 Å². The van der Waals surface area contributed by atoms with Gasteiger partial charge in [0.25, 0.3) is 0 Å². The maximum Gasteiger partial charge on any atom is 0.202 e. The summed E-state index contributed by atoms with van der Waals surface area (Å²) in [5.74, 6) is -0.204. The fourth-order valence-electron chi connectivity index (χ4n) is 1.06. The summed E-state index contributed by atoms with van der Waals surface area (Å²) in [6, 6.07) is 6.66. The Morgan fingerprint density at radius 2 is 2.21 bits per heavy atom. The Balaban J connectivity index is 2.02. The van der Waals surface area contributed by atoms with Crippen LogP contribution in [0.15, 0.2) is 30.6 Å². The topological polar surface area (TPSA) is 37.8 Å². The van der Waals surface area contributed by atoms with Gasteiger partial charge in [-0.15, -0.1) is 0 Å². The van der Waals surface area contributed by atoms with Gasteiger partial charge in [0.2, 0.25) is 5.13 Å². The molecule has 0 fully saturated rings. The summed E-state index contributed by atoms with van der Waals surface area (Å²) < 4.78 is 17.0. The van der Waals surface area contributed by atoms with Gasteiger partial charge >= 0.3 is 0 Å². The number of benzene rings is 1. The van der Waals surface area contributed by atoms with Crippen LogP contribution in [0.3, 0.4) is 0 Å². The molecule has 0 saturated carbocycles. The molecule has 1 aromatic carbocycles. The summed E-state index contributed by atoms with van der Waals surface area (Å²) in [4.78, 5) is 3.93. The smallest absolute Gasteiger partial charge is 0.202 e. The Morgan fingerprint density at radius 3 is 2.93 bits per heavy atom. The fourth-order valence-corrected chi connectivity index (χ4v) is 1.49. The SMILES string of the molecule is Fc1ccccc1CNc1ncns1. The molecule has 0 amide bonds. The van der Waals surface area contributed by atoms with Crippen LogP contribution in [-0.4, -0.2) is 9.36 Å². The Hall–Kier alpha value is -1.49. The lowest BCUT2D eigenvalue weighted by Gasteiger charge is -2.02. The van der Waals surface area contributed by atoms with E-state index >= 15 is 0 Å². The van der Waals surface area contributed by atoms with E-state index in [9.17, 15) is 4.39 Å². The third-order valence-electron chi connectivity index (χ3n) is 1.75. The Morgan fingerprint density at radius 1 is 1.36 bits per heavy atom. The number of hydrogen-bond acceptors (Lipinski definition) is 4. The first-order valence-corrected chi connectivity index (χ1v) is 4.87. The molecule has 5 heteroatoms. The molecule has 0 aliphatic heterocycles. The highest BCUT2D eigenvalue weighted by Crippen LogP contribution is 2.11. The monoisotopic (exact) mass is 209 g/mol. The van der Waals surface area contributed by atoms with Gasteiger partial charge in [0.05, 0.1) is 0 Å². The minimum Gasteiger partial charge on any atom is -0.356 e. The lowest BCUT2D eigenvalue weighted by atomic mass is 10.2. The zero-order chi connectivity index (χ0) is 9.80. The molecule has 72 valence electrons. The second kappa shape index (κ2) is 4.15. The molecule has 0 radical (unpaired) electrons. The largest absolute Gasteiger partial charge is 0.356 e. The average Bonchev–Trinajstić information content (AvgIpc) is 2.69. The molecular formula is C9H8FN3S. The van der Waals surface area contributed by atoms with Gasteiger partial charge in [-0.25, -0.2) is 9.37 Å². The Labute approximate surface area is 84.8 Å². The zero-order valence-electron chi connectivity index (χ0n) is 7.27. The third kappa shape index (κ3) is 2.05. The van der Waals surface area contributed by atoms with Crippen molar-refractivity contribution in [2.75, 3.05) is 5.32 Å². The third-order valence-corrected chi connectivity index (χ3v) is 2.37. The maximum absolute atomic E-state index is 13.1. The van der Waals surface area contributed by atoms with E-state index in [0.717, 1.165) is 0 Å². The van der Waals surface area contributed by atoms with Crippen LogP contribution in [0.25, 0.3) is 0 Å². The van der Waals surface area contributed by atoms with Crippen molar-refractivity contribution >= 4 is 16.7 Å². The molecule has 14 heavy (non-hydrogen) atoms. The molecule has 2 rings (SSSR count). The molecule has 1 aromatic heterocycles. The van der Waals surface area contributed by atoms with Crippen molar-refractivity contribution in [1.82, 2.24) is 9.36 Å². The van der Waals surface area contributed by atoms with Gasteiger partial charge in [-0.3, -0.25) is 0 Å². The van der Waals surface area contributed by atoms with Gasteiger partial charge in [0.15, 0.2) is 0 Å². The number of halogens is 1. The van der Waals surface area contributed by atoms with Gasteiger partial charge in [0, 0.05) is 23.6 Å². The summed E-state index contributed by atoms with van der Waals surface area (Å²) in [5.41, 5.74) is 0.628. The predicted molar refractivity (Wildman–Crippen MR) is 53.6 cm³/mol. The van der Waals surface area contributed by atoms with Crippen LogP contribution < -0.4 is 5.32 Å². The lowest BCUT2D eigenvalue weighted by Crippen LogP contribution is -2.00. The second-order valence-corrected chi connectivity index (χ2v) is 3.47. The van der Waals surface area contributed by atoms with E-state index in [1.54, 1.807) is 18.2 Å². The van der Waals surface area contributed by atoms with Crippen LogP contribution in [0.1, 0.15) is 5.56 Å². The molecule has 0 atom stereocenters. The van der Waals surface area contributed by atoms with E-state index in [1.807, 2.05) is 0 Å². The highest BCUT2D eigenvalue weighted by Gasteiger charge is 2.00. The van der Waals surface area contributed by atoms with Crippen molar-refractivity contribution in [1.29, 1.82) is 0 Å². The van der Waals surface area contributed by atoms with Crippen molar-refractivity contribution < 1.29 is 4.39 Å². The molecule has 1 N–H and O–H groups in total. The van der Waals surface area contributed by atoms with Gasteiger partial charge in [0.1, 0.15) is 12.1 Å². The number of aromatic nitrogens is 2. The van der Waals surface area contributed by atoms with Crippen molar-refractivity contribution in [2.24, 2.45) is 0 Å². The molecule has 2 aromatic rings. The van der Waals surface area contributed by atoms with Gasteiger partial charge < -0.3 is 5.32 Å². The van der Waals surface area contributed by atoms with E-state index in [2.05, 4.69) is 14.7 Å². The van der Waals surface area contributed by atoms with Crippen molar-refractivity contribution in [2.45, 2.75) is 6.54 Å². The first-order chi connectivity index (χ1) is 6.86. The van der Waals surface area contributed by atoms with E-state index < -0.39 is 0 Å². The molecule has 1 heterocycles. The molecule has 3 nitrogen and oxygen atoms in total. The molecule has 0 saturated heterocycles. The first-order valence-electron chi connectivity index (χ1n) is 4.10. The summed E-state index contributed by atoms with van der Waals surface area (Å²) >= 11 is 1.25. The van der Waals surface area contributed by atoms with Crippen LogP contribution in [-0.2, 0) is 6.54 Å². The maximum atomic E-state index is 13.1. The lowest BCUT2D eigenvalue weighted by molar-refractivity contribution is 0.613. The van der Waals surface area contributed by atoms with Crippen LogP contribution >= 0.6 is 11.5 Å². The molecule has 0 bridgehead atoms. The van der Waals surface area contributed by atoms with Crippen molar-refractivity contribution in [3.8, 4) is 0 Å². The number of nitrogens with one attached hydrogen (secondary N) is 1. The van der Waals surface area contributed by atoms with E-state index in [-0.39, 0.29) is 5.82 Å². The Bertz CT molecular complexity index is 402. The average molecular weight is 209 g/mol. The Kier molecular flexibility index (Phi) is 2.69. The quantitative estimate of drug-likeness (QED) is 0.842. The van der Waals surface area contributed by atoms with Crippen LogP contribution in [0.5, 0.6) is 0 Å².